The molecule has 0 bridgehead atoms. The van der Waals surface area contributed by atoms with Crippen molar-refractivity contribution < 1.29 is 9.90 Å². The van der Waals surface area contributed by atoms with E-state index < -0.39 is 6.10 Å². The van der Waals surface area contributed by atoms with Crippen LogP contribution in [-0.4, -0.2) is 34.6 Å². The van der Waals surface area contributed by atoms with Gasteiger partial charge in [0, 0.05) is 12.6 Å². The number of nitrogens with zero attached hydrogens (tertiary/aromatic N) is 1. The molecule has 2 fully saturated rings. The molecule has 1 amide bonds. The molecule has 1 aliphatic heterocycles. The fraction of sp³-hybridized carbons (Fsp3) is 0.917. The molecule has 1 saturated carbocycles. The van der Waals surface area contributed by atoms with Gasteiger partial charge in [0.25, 0.3) is 0 Å². The maximum Gasteiger partial charge on any atom is 0.225 e. The topological polar surface area (TPSA) is 40.5 Å². The monoisotopic (exact) mass is 211 g/mol. The van der Waals surface area contributed by atoms with Crippen LogP contribution in [0.4, 0.5) is 0 Å². The summed E-state index contributed by atoms with van der Waals surface area (Å²) in [5.74, 6) is 0.800. The first kappa shape index (κ1) is 10.9. The second-order valence-corrected chi connectivity index (χ2v) is 5.04. The third kappa shape index (κ3) is 2.33. The zero-order valence-corrected chi connectivity index (χ0v) is 9.48. The minimum absolute atomic E-state index is 0.139. The molecule has 1 aliphatic carbocycles. The van der Waals surface area contributed by atoms with Crippen molar-refractivity contribution in [1.29, 1.82) is 0 Å². The fourth-order valence-corrected chi connectivity index (χ4v) is 2.98. The van der Waals surface area contributed by atoms with Crippen LogP contribution in [-0.2, 0) is 4.79 Å². The summed E-state index contributed by atoms with van der Waals surface area (Å²) in [4.78, 5) is 13.5. The van der Waals surface area contributed by atoms with Crippen LogP contribution in [0.15, 0.2) is 0 Å². The number of rotatable bonds is 2. The predicted molar refractivity (Wildman–Crippen MR) is 58.4 cm³/mol. The minimum Gasteiger partial charge on any atom is -0.391 e. The number of carbonyl (C=O) groups excluding carboxylic acids is 1. The molecule has 0 aromatic heterocycles. The number of amides is 1. The maximum absolute atomic E-state index is 11.6. The van der Waals surface area contributed by atoms with Crippen LogP contribution in [0.25, 0.3) is 0 Å². The molecule has 2 atom stereocenters. The Morgan fingerprint density at radius 2 is 2.00 bits per heavy atom. The molecule has 0 radical (unpaired) electrons. The molecule has 15 heavy (non-hydrogen) atoms. The molecule has 2 rings (SSSR count). The Morgan fingerprint density at radius 3 is 2.53 bits per heavy atom. The van der Waals surface area contributed by atoms with E-state index in [1.54, 1.807) is 0 Å². The van der Waals surface area contributed by atoms with E-state index in [2.05, 4.69) is 6.92 Å². The van der Waals surface area contributed by atoms with Gasteiger partial charge in [0.05, 0.1) is 12.5 Å². The molecular weight excluding hydrogens is 190 g/mol. The molecule has 1 heterocycles. The van der Waals surface area contributed by atoms with Gasteiger partial charge in [0.1, 0.15) is 0 Å². The van der Waals surface area contributed by atoms with Gasteiger partial charge in [0.2, 0.25) is 5.91 Å². The highest BCUT2D eigenvalue weighted by Gasteiger charge is 2.34. The van der Waals surface area contributed by atoms with Crippen LogP contribution in [0.5, 0.6) is 0 Å². The largest absolute Gasteiger partial charge is 0.391 e. The van der Waals surface area contributed by atoms with E-state index >= 15 is 0 Å². The Morgan fingerprint density at radius 1 is 1.33 bits per heavy atom. The van der Waals surface area contributed by atoms with Gasteiger partial charge in [-0.05, 0) is 25.7 Å². The Hall–Kier alpha value is -0.570. The van der Waals surface area contributed by atoms with Gasteiger partial charge in [-0.2, -0.15) is 0 Å². The first-order valence-corrected chi connectivity index (χ1v) is 6.16. The predicted octanol–water partition coefficient (Wildman–Crippen LogP) is 1.55. The summed E-state index contributed by atoms with van der Waals surface area (Å²) in [6.45, 7) is 2.70. The van der Waals surface area contributed by atoms with Crippen LogP contribution < -0.4 is 0 Å². The highest BCUT2D eigenvalue weighted by atomic mass is 16.3. The van der Waals surface area contributed by atoms with Crippen molar-refractivity contribution in [1.82, 2.24) is 4.90 Å². The quantitative estimate of drug-likeness (QED) is 0.753. The number of aliphatic hydroxyl groups is 1. The van der Waals surface area contributed by atoms with E-state index in [9.17, 15) is 9.90 Å². The van der Waals surface area contributed by atoms with Gasteiger partial charge >= 0.3 is 0 Å². The molecule has 0 spiro atoms. The standard InChI is InChI=1S/C12H21NO2/c1-9(10-5-3-2-4-6-10)13-8-11(14)7-12(13)15/h9-11,14H,2-8H2,1H3. The molecular formula is C12H21NO2. The van der Waals surface area contributed by atoms with Gasteiger partial charge in [-0.1, -0.05) is 19.3 Å². The van der Waals surface area contributed by atoms with Crippen molar-refractivity contribution in [3.8, 4) is 0 Å². The maximum atomic E-state index is 11.6. The van der Waals surface area contributed by atoms with E-state index in [0.717, 1.165) is 0 Å². The lowest BCUT2D eigenvalue weighted by atomic mass is 9.84. The van der Waals surface area contributed by atoms with Crippen LogP contribution in [0.1, 0.15) is 45.4 Å². The van der Waals surface area contributed by atoms with Crippen LogP contribution in [0.3, 0.4) is 0 Å². The average Bonchev–Trinajstić information content (AvgIpc) is 2.58. The second kappa shape index (κ2) is 4.52. The van der Waals surface area contributed by atoms with Crippen LogP contribution in [0, 0.1) is 5.92 Å². The summed E-state index contributed by atoms with van der Waals surface area (Å²) < 4.78 is 0. The molecule has 86 valence electrons. The number of carbonyl (C=O) groups is 1. The van der Waals surface area contributed by atoms with Gasteiger partial charge < -0.3 is 10.0 Å². The van der Waals surface area contributed by atoms with E-state index in [-0.39, 0.29) is 5.91 Å². The summed E-state index contributed by atoms with van der Waals surface area (Å²) in [5, 5.41) is 9.45. The molecule has 2 unspecified atom stereocenters. The van der Waals surface area contributed by atoms with E-state index in [1.807, 2.05) is 4.90 Å². The Kier molecular flexibility index (Phi) is 3.29. The van der Waals surface area contributed by atoms with E-state index in [1.165, 1.54) is 32.1 Å². The number of likely N-dealkylation sites (tertiary alicyclic amines) is 1. The molecule has 3 nitrogen and oxygen atoms in total. The summed E-state index contributed by atoms with van der Waals surface area (Å²) in [6.07, 6.45) is 6.36. The van der Waals surface area contributed by atoms with Gasteiger partial charge in [0.15, 0.2) is 0 Å². The zero-order chi connectivity index (χ0) is 10.8. The van der Waals surface area contributed by atoms with Gasteiger partial charge in [-0.3, -0.25) is 4.79 Å². The molecule has 0 aromatic carbocycles. The van der Waals surface area contributed by atoms with Crippen molar-refractivity contribution in [2.24, 2.45) is 5.92 Å². The van der Waals surface area contributed by atoms with Crippen molar-refractivity contribution in [3.05, 3.63) is 0 Å². The summed E-state index contributed by atoms with van der Waals surface area (Å²) >= 11 is 0. The van der Waals surface area contributed by atoms with Gasteiger partial charge in [-0.25, -0.2) is 0 Å². The average molecular weight is 211 g/mol. The molecule has 1 N–H and O–H groups in total. The molecule has 0 aromatic rings. The normalized spacial score (nSPS) is 30.9. The van der Waals surface area contributed by atoms with E-state index in [4.69, 9.17) is 0 Å². The third-order valence-corrected chi connectivity index (χ3v) is 3.96. The van der Waals surface area contributed by atoms with Gasteiger partial charge in [-0.15, -0.1) is 0 Å². The van der Waals surface area contributed by atoms with Crippen molar-refractivity contribution in [2.45, 2.75) is 57.6 Å². The number of hydrogen-bond acceptors (Lipinski definition) is 2. The summed E-state index contributed by atoms with van der Waals surface area (Å²) in [7, 11) is 0. The van der Waals surface area contributed by atoms with Crippen molar-refractivity contribution >= 4 is 5.91 Å². The first-order chi connectivity index (χ1) is 7.18. The first-order valence-electron chi connectivity index (χ1n) is 6.16. The lowest BCUT2D eigenvalue weighted by molar-refractivity contribution is -0.130. The minimum atomic E-state index is -0.427. The Bertz CT molecular complexity index is 236. The zero-order valence-electron chi connectivity index (χ0n) is 9.48. The van der Waals surface area contributed by atoms with Crippen LogP contribution >= 0.6 is 0 Å². The van der Waals surface area contributed by atoms with Crippen molar-refractivity contribution in [2.75, 3.05) is 6.54 Å². The highest BCUT2D eigenvalue weighted by Crippen LogP contribution is 2.30. The number of hydrogen-bond donors (Lipinski definition) is 1. The Labute approximate surface area is 91.5 Å². The number of aliphatic hydroxyl groups excluding tert-OH is 1. The number of β-amino-alcohol motifs (C(OH)–C–C–N with tert-alkyl or cyclic N) is 1. The third-order valence-electron chi connectivity index (χ3n) is 3.96. The second-order valence-electron chi connectivity index (χ2n) is 5.04. The van der Waals surface area contributed by atoms with Crippen LogP contribution in [0.2, 0.25) is 0 Å². The van der Waals surface area contributed by atoms with Crippen molar-refractivity contribution in [3.63, 3.8) is 0 Å². The molecule has 3 heteroatoms. The Balaban J connectivity index is 1.94. The lowest BCUT2D eigenvalue weighted by Crippen LogP contribution is -2.40. The lowest BCUT2D eigenvalue weighted by Gasteiger charge is -2.34. The fourth-order valence-electron chi connectivity index (χ4n) is 2.98. The van der Waals surface area contributed by atoms with E-state index in [0.29, 0.717) is 24.9 Å². The SMILES string of the molecule is CC(C1CCCCC1)N1CC(O)CC1=O. The molecule has 2 aliphatic rings. The molecule has 1 saturated heterocycles. The smallest absolute Gasteiger partial charge is 0.225 e. The highest BCUT2D eigenvalue weighted by molar-refractivity contribution is 5.79. The summed E-state index contributed by atoms with van der Waals surface area (Å²) in [6, 6.07) is 0.329. The summed E-state index contributed by atoms with van der Waals surface area (Å²) in [5.41, 5.74) is 0.